The van der Waals surface area contributed by atoms with E-state index in [0.29, 0.717) is 50.3 Å². The minimum Gasteiger partial charge on any atom is -0.477 e. The quantitative estimate of drug-likeness (QED) is 0.437. The van der Waals surface area contributed by atoms with E-state index in [1.807, 2.05) is 19.9 Å². The number of carbonyl (C=O) groups excluding carboxylic acids is 2. The van der Waals surface area contributed by atoms with Crippen molar-refractivity contribution in [3.8, 4) is 5.88 Å². The lowest BCUT2D eigenvalue weighted by Crippen LogP contribution is -2.53. The third kappa shape index (κ3) is 7.54. The van der Waals surface area contributed by atoms with Crippen molar-refractivity contribution in [3.05, 3.63) is 17.8 Å². The standard InChI is InChI=1S/C29H47N5O5/c1-6-20-13-21-15-23(35)16-22(14-20)25(21)31-26(36)24-17-30-34(27(24)39-18-19(2)3)8-7-29(4,5)32-28(37)33-9-11-38-12-10-33/h7-8,17,19-23,25,35H,6,9-16,18H2,1-5H3,(H,31,36)(H,32,37)/b8-7+. The SMILES string of the molecule is CCC1CC2CC(O)CC(C1)C2NC(=O)c1cnn(/C=C/C(C)(C)NC(=O)N2CCOCC2)c1OCC(C)C. The molecule has 2 saturated carbocycles. The molecule has 3 amide bonds. The van der Waals surface area contributed by atoms with Gasteiger partial charge < -0.3 is 30.1 Å². The van der Waals surface area contributed by atoms with Gasteiger partial charge in [-0.05, 0) is 69.3 Å². The first-order valence-electron chi connectivity index (χ1n) is 14.6. The summed E-state index contributed by atoms with van der Waals surface area (Å²) in [6.07, 6.45) is 9.55. The van der Waals surface area contributed by atoms with Gasteiger partial charge in [0.05, 0.1) is 37.7 Å². The van der Waals surface area contributed by atoms with Crippen LogP contribution in [0.5, 0.6) is 5.88 Å². The molecule has 3 aliphatic rings. The zero-order chi connectivity index (χ0) is 28.2. The molecule has 10 nitrogen and oxygen atoms in total. The molecule has 1 aromatic rings. The summed E-state index contributed by atoms with van der Waals surface area (Å²) in [6.45, 7) is 12.8. The van der Waals surface area contributed by atoms with Crippen LogP contribution in [-0.2, 0) is 4.74 Å². The summed E-state index contributed by atoms with van der Waals surface area (Å²) in [5.41, 5.74) is -0.262. The van der Waals surface area contributed by atoms with Gasteiger partial charge in [0.15, 0.2) is 0 Å². The highest BCUT2D eigenvalue weighted by Gasteiger charge is 2.43. The van der Waals surface area contributed by atoms with Gasteiger partial charge in [-0.25, -0.2) is 9.48 Å². The van der Waals surface area contributed by atoms with Gasteiger partial charge >= 0.3 is 6.03 Å². The lowest BCUT2D eigenvalue weighted by atomic mass is 9.63. The molecule has 1 saturated heterocycles. The van der Waals surface area contributed by atoms with E-state index in [1.54, 1.807) is 22.0 Å². The van der Waals surface area contributed by atoms with Gasteiger partial charge in [-0.1, -0.05) is 27.2 Å². The van der Waals surface area contributed by atoms with E-state index in [1.165, 1.54) is 0 Å². The fraction of sp³-hybridized carbons (Fsp3) is 0.759. The largest absolute Gasteiger partial charge is 0.477 e. The molecule has 2 unspecified atom stereocenters. The Hall–Kier alpha value is -2.59. The van der Waals surface area contributed by atoms with E-state index in [0.717, 1.165) is 32.1 Å². The second-order valence-corrected chi connectivity index (χ2v) is 12.5. The minimum atomic E-state index is -0.657. The number of hydrogen-bond acceptors (Lipinski definition) is 6. The summed E-state index contributed by atoms with van der Waals surface area (Å²) in [7, 11) is 0. The molecule has 2 aliphatic carbocycles. The molecule has 4 rings (SSSR count). The molecule has 39 heavy (non-hydrogen) atoms. The summed E-state index contributed by atoms with van der Waals surface area (Å²) in [5, 5.41) is 21.2. The smallest absolute Gasteiger partial charge is 0.318 e. The number of ether oxygens (including phenoxy) is 2. The van der Waals surface area contributed by atoms with E-state index in [9.17, 15) is 14.7 Å². The van der Waals surface area contributed by atoms with E-state index in [-0.39, 0.29) is 41.8 Å². The van der Waals surface area contributed by atoms with Crippen molar-refractivity contribution in [1.82, 2.24) is 25.3 Å². The lowest BCUT2D eigenvalue weighted by molar-refractivity contribution is -0.00113. The van der Waals surface area contributed by atoms with Crippen molar-refractivity contribution in [2.45, 2.75) is 84.4 Å². The van der Waals surface area contributed by atoms with Crippen LogP contribution in [0.3, 0.4) is 0 Å². The number of nitrogens with one attached hydrogen (secondary N) is 2. The Kier molecular flexibility index (Phi) is 9.59. The van der Waals surface area contributed by atoms with Crippen LogP contribution in [0.4, 0.5) is 4.79 Å². The predicted octanol–water partition coefficient (Wildman–Crippen LogP) is 3.51. The molecule has 0 radical (unpaired) electrons. The molecule has 3 fully saturated rings. The van der Waals surface area contributed by atoms with Crippen molar-refractivity contribution in [2.24, 2.45) is 23.7 Å². The molecular weight excluding hydrogens is 498 g/mol. The fourth-order valence-corrected chi connectivity index (χ4v) is 6.13. The summed E-state index contributed by atoms with van der Waals surface area (Å²) >= 11 is 0. The van der Waals surface area contributed by atoms with Crippen LogP contribution < -0.4 is 15.4 Å². The maximum atomic E-state index is 13.6. The van der Waals surface area contributed by atoms with Crippen LogP contribution in [0.2, 0.25) is 0 Å². The second-order valence-electron chi connectivity index (χ2n) is 12.5. The number of aliphatic hydroxyl groups excluding tert-OH is 1. The van der Waals surface area contributed by atoms with Gasteiger partial charge in [0, 0.05) is 25.3 Å². The van der Waals surface area contributed by atoms with Crippen molar-refractivity contribution in [3.63, 3.8) is 0 Å². The highest BCUT2D eigenvalue weighted by molar-refractivity contribution is 5.96. The van der Waals surface area contributed by atoms with Gasteiger partial charge in [-0.15, -0.1) is 0 Å². The molecule has 0 spiro atoms. The molecule has 1 aromatic heterocycles. The van der Waals surface area contributed by atoms with Gasteiger partial charge in [0.2, 0.25) is 5.88 Å². The Morgan fingerprint density at radius 3 is 2.49 bits per heavy atom. The minimum absolute atomic E-state index is 0.0508. The van der Waals surface area contributed by atoms with Crippen LogP contribution in [0.1, 0.15) is 77.1 Å². The zero-order valence-electron chi connectivity index (χ0n) is 24.2. The number of rotatable bonds is 9. The van der Waals surface area contributed by atoms with Crippen LogP contribution in [-0.4, -0.2) is 82.3 Å². The first-order valence-corrected chi connectivity index (χ1v) is 14.6. The Labute approximate surface area is 232 Å². The average Bonchev–Trinajstić information content (AvgIpc) is 3.30. The molecule has 2 heterocycles. The third-order valence-corrected chi connectivity index (χ3v) is 8.22. The first-order chi connectivity index (χ1) is 18.6. The van der Waals surface area contributed by atoms with Crippen molar-refractivity contribution in [2.75, 3.05) is 32.9 Å². The number of fused-ring (bicyclic) bond motifs is 2. The number of nitrogens with zero attached hydrogens (tertiary/aromatic N) is 3. The highest BCUT2D eigenvalue weighted by atomic mass is 16.5. The number of hydrogen-bond donors (Lipinski definition) is 3. The summed E-state index contributed by atoms with van der Waals surface area (Å²) in [6, 6.07) is -0.0897. The van der Waals surface area contributed by atoms with Crippen molar-refractivity contribution < 1.29 is 24.2 Å². The van der Waals surface area contributed by atoms with E-state index < -0.39 is 5.54 Å². The number of urea groups is 1. The van der Waals surface area contributed by atoms with Crippen LogP contribution in [0.15, 0.2) is 12.3 Å². The van der Waals surface area contributed by atoms with Crippen LogP contribution in [0, 0.1) is 23.7 Å². The third-order valence-electron chi connectivity index (χ3n) is 8.22. The monoisotopic (exact) mass is 545 g/mol. The summed E-state index contributed by atoms with van der Waals surface area (Å²) in [5.74, 6) is 1.69. The second kappa shape index (κ2) is 12.7. The molecule has 2 atom stereocenters. The molecule has 3 N–H and O–H groups in total. The van der Waals surface area contributed by atoms with Crippen LogP contribution >= 0.6 is 0 Å². The number of aromatic nitrogens is 2. The average molecular weight is 546 g/mol. The maximum Gasteiger partial charge on any atom is 0.318 e. The maximum absolute atomic E-state index is 13.6. The van der Waals surface area contributed by atoms with Crippen LogP contribution in [0.25, 0.3) is 6.20 Å². The molecule has 0 aromatic carbocycles. The topological polar surface area (TPSA) is 118 Å². The normalized spacial score (nSPS) is 27.6. The Morgan fingerprint density at radius 1 is 1.21 bits per heavy atom. The lowest BCUT2D eigenvalue weighted by Gasteiger charge is -2.47. The van der Waals surface area contributed by atoms with E-state index in [4.69, 9.17) is 9.47 Å². The van der Waals surface area contributed by atoms with Gasteiger partial charge in [-0.3, -0.25) is 4.79 Å². The Morgan fingerprint density at radius 2 is 1.87 bits per heavy atom. The van der Waals surface area contributed by atoms with E-state index in [2.05, 4.69) is 36.5 Å². The van der Waals surface area contributed by atoms with Crippen molar-refractivity contribution in [1.29, 1.82) is 0 Å². The van der Waals surface area contributed by atoms with Gasteiger partial charge in [0.25, 0.3) is 5.91 Å². The Balaban J connectivity index is 1.48. The first kappa shape index (κ1) is 29.4. The highest BCUT2D eigenvalue weighted by Crippen LogP contribution is 2.44. The number of amides is 3. The molecule has 1 aliphatic heterocycles. The molecular formula is C29H47N5O5. The number of carbonyl (C=O) groups is 2. The molecule has 2 bridgehead atoms. The Bertz CT molecular complexity index is 1000. The zero-order valence-corrected chi connectivity index (χ0v) is 24.2. The molecule has 218 valence electrons. The summed E-state index contributed by atoms with van der Waals surface area (Å²) < 4.78 is 13.0. The van der Waals surface area contributed by atoms with Gasteiger partial charge in [-0.2, -0.15) is 5.10 Å². The fourth-order valence-electron chi connectivity index (χ4n) is 6.13. The predicted molar refractivity (Wildman–Crippen MR) is 149 cm³/mol. The summed E-state index contributed by atoms with van der Waals surface area (Å²) in [4.78, 5) is 28.0. The van der Waals surface area contributed by atoms with Gasteiger partial charge in [0.1, 0.15) is 5.56 Å². The molecule has 10 heteroatoms. The number of morpholine rings is 1. The van der Waals surface area contributed by atoms with E-state index >= 15 is 0 Å². The number of aliphatic hydroxyl groups is 1. The van der Waals surface area contributed by atoms with Crippen molar-refractivity contribution >= 4 is 18.1 Å².